The average Bonchev–Trinajstić information content (AvgIpc) is 3.02. The predicted octanol–water partition coefficient (Wildman–Crippen LogP) is 8.74. The second-order valence-corrected chi connectivity index (χ2v) is 12.9. The summed E-state index contributed by atoms with van der Waals surface area (Å²) >= 11 is -3.61. The van der Waals surface area contributed by atoms with Gasteiger partial charge in [0, 0.05) is 0 Å². The van der Waals surface area contributed by atoms with E-state index in [1.807, 2.05) is 86.6 Å². The van der Waals surface area contributed by atoms with E-state index in [-0.39, 0.29) is 0 Å². The van der Waals surface area contributed by atoms with Gasteiger partial charge in [0.25, 0.3) is 0 Å². The van der Waals surface area contributed by atoms with Crippen molar-refractivity contribution in [2.75, 3.05) is 0 Å². The van der Waals surface area contributed by atoms with Gasteiger partial charge >= 0.3 is 251 Å². The third-order valence-electron chi connectivity index (χ3n) is 7.27. The second kappa shape index (κ2) is 11.2. The van der Waals surface area contributed by atoms with Gasteiger partial charge in [-0.1, -0.05) is 0 Å². The maximum absolute atomic E-state index is 6.86. The Hall–Kier alpha value is -4.78. The molecule has 0 bridgehead atoms. The van der Waals surface area contributed by atoms with Crippen molar-refractivity contribution in [1.82, 2.24) is 9.97 Å². The predicted molar refractivity (Wildman–Crippen MR) is 170 cm³/mol. The first-order chi connectivity index (χ1) is 20.6. The fraction of sp³-hybridized carbons (Fsp3) is 0.0556. The first kappa shape index (κ1) is 26.1. The van der Waals surface area contributed by atoms with Crippen molar-refractivity contribution in [2.24, 2.45) is 0 Å². The summed E-state index contributed by atoms with van der Waals surface area (Å²) in [7, 11) is 0. The molecule has 0 spiro atoms. The van der Waals surface area contributed by atoms with Crippen LogP contribution in [0.3, 0.4) is 0 Å². The number of benzene rings is 5. The number of para-hydroxylation sites is 2. The SMILES string of the molecule is Cc1ccc2cccc([O][Ga]([O]c3ccc4ccccc4c3-c3ccccc3)[O]c3cccc4ccc(C)nc34)c2n1. The fourth-order valence-corrected chi connectivity index (χ4v) is 8.08. The fourth-order valence-electron chi connectivity index (χ4n) is 5.26. The van der Waals surface area contributed by atoms with Gasteiger partial charge in [0.15, 0.2) is 0 Å². The van der Waals surface area contributed by atoms with E-state index in [0.29, 0.717) is 11.5 Å². The summed E-state index contributed by atoms with van der Waals surface area (Å²) in [5.74, 6) is 2.01. The van der Waals surface area contributed by atoms with Crippen LogP contribution in [0.15, 0.2) is 127 Å². The molecule has 0 fully saturated rings. The Morgan fingerprint density at radius 1 is 0.452 bits per heavy atom. The molecule has 0 atom stereocenters. The van der Waals surface area contributed by atoms with Gasteiger partial charge in [-0.05, 0) is 0 Å². The van der Waals surface area contributed by atoms with Crippen LogP contribution in [0.2, 0.25) is 0 Å². The molecule has 42 heavy (non-hydrogen) atoms. The molecule has 0 saturated carbocycles. The van der Waals surface area contributed by atoms with Crippen molar-refractivity contribution in [2.45, 2.75) is 13.8 Å². The van der Waals surface area contributed by atoms with E-state index in [1.165, 1.54) is 0 Å². The van der Waals surface area contributed by atoms with Gasteiger partial charge in [-0.2, -0.15) is 0 Å². The van der Waals surface area contributed by atoms with Gasteiger partial charge < -0.3 is 0 Å². The van der Waals surface area contributed by atoms with Crippen molar-refractivity contribution in [3.8, 4) is 28.4 Å². The van der Waals surface area contributed by atoms with Gasteiger partial charge in [0.05, 0.1) is 0 Å². The first-order valence-corrected chi connectivity index (χ1v) is 16.9. The van der Waals surface area contributed by atoms with Crippen LogP contribution < -0.4 is 10.6 Å². The number of nitrogens with zero attached hydrogens (tertiary/aromatic N) is 2. The molecule has 0 amide bonds. The molecule has 0 N–H and O–H groups in total. The molecule has 2 aromatic heterocycles. The standard InChI is InChI=1S/C16H12O.2C10H9NO.Ga/c17-15-11-10-12-6-4-5-9-14(12)16(15)13-7-2-1-3-8-13;2*1-7-5-6-8-3-2-4-9(12)10(8)11-7;/h1-11,17H;2*2-6,12H,1H3;/q;;;+3/p-3. The zero-order chi connectivity index (χ0) is 28.5. The second-order valence-electron chi connectivity index (χ2n) is 10.2. The number of hydrogen-bond acceptors (Lipinski definition) is 5. The third-order valence-corrected chi connectivity index (χ3v) is 10.1. The molecule has 2 heterocycles. The number of hydrogen-bond donors (Lipinski definition) is 0. The molecule has 0 aliphatic rings. The molecule has 5 nitrogen and oxygen atoms in total. The van der Waals surface area contributed by atoms with Crippen LogP contribution in [-0.2, 0) is 0 Å². The number of aryl methyl sites for hydroxylation is 2. The van der Waals surface area contributed by atoms with E-state index < -0.39 is 17.3 Å². The zero-order valence-corrected chi connectivity index (χ0v) is 25.7. The first-order valence-electron chi connectivity index (χ1n) is 13.9. The monoisotopic (exact) mass is 604 g/mol. The normalized spacial score (nSPS) is 11.1. The van der Waals surface area contributed by atoms with Crippen LogP contribution in [0, 0.1) is 13.8 Å². The average molecular weight is 605 g/mol. The van der Waals surface area contributed by atoms with Gasteiger partial charge in [0.2, 0.25) is 0 Å². The Labute approximate surface area is 250 Å². The van der Waals surface area contributed by atoms with Crippen LogP contribution in [0.5, 0.6) is 17.2 Å². The Morgan fingerprint density at radius 2 is 0.976 bits per heavy atom. The maximum atomic E-state index is 6.86. The topological polar surface area (TPSA) is 53.5 Å². The van der Waals surface area contributed by atoms with E-state index in [4.69, 9.17) is 20.6 Å². The van der Waals surface area contributed by atoms with E-state index in [9.17, 15) is 0 Å². The Morgan fingerprint density at radius 3 is 1.62 bits per heavy atom. The Bertz CT molecular complexity index is 1980. The number of fused-ring (bicyclic) bond motifs is 3. The van der Waals surface area contributed by atoms with Crippen molar-refractivity contribution >= 4 is 49.9 Å². The van der Waals surface area contributed by atoms with Crippen LogP contribution in [-0.4, -0.2) is 27.3 Å². The van der Waals surface area contributed by atoms with Crippen molar-refractivity contribution in [3.05, 3.63) is 139 Å². The molecule has 0 saturated heterocycles. The van der Waals surface area contributed by atoms with Crippen LogP contribution >= 0.6 is 0 Å². The molecule has 0 radical (unpaired) electrons. The van der Waals surface area contributed by atoms with E-state index >= 15 is 0 Å². The summed E-state index contributed by atoms with van der Waals surface area (Å²) in [5, 5.41) is 4.24. The van der Waals surface area contributed by atoms with Gasteiger partial charge in [-0.3, -0.25) is 0 Å². The van der Waals surface area contributed by atoms with E-state index in [1.54, 1.807) is 0 Å². The molecule has 5 aromatic carbocycles. The van der Waals surface area contributed by atoms with Crippen molar-refractivity contribution in [3.63, 3.8) is 0 Å². The third kappa shape index (κ3) is 5.18. The number of rotatable bonds is 7. The van der Waals surface area contributed by atoms with Gasteiger partial charge in [-0.15, -0.1) is 0 Å². The molecule has 202 valence electrons. The molecule has 7 aromatic rings. The summed E-state index contributed by atoms with van der Waals surface area (Å²) in [6.07, 6.45) is 0. The minimum absolute atomic E-state index is 0.646. The van der Waals surface area contributed by atoms with Crippen LogP contribution in [0.25, 0.3) is 43.7 Å². The molecule has 0 aliphatic carbocycles. The molecule has 0 unspecified atom stereocenters. The summed E-state index contributed by atoms with van der Waals surface area (Å²) in [6, 6.07) is 42.8. The summed E-state index contributed by atoms with van der Waals surface area (Å²) in [5.41, 5.74) is 5.48. The molecular formula is C36H27GaN2O3. The van der Waals surface area contributed by atoms with E-state index in [0.717, 1.165) is 60.8 Å². The summed E-state index contributed by atoms with van der Waals surface area (Å²) < 4.78 is 20.3. The number of aromatic nitrogens is 2. The van der Waals surface area contributed by atoms with Crippen LogP contribution in [0.1, 0.15) is 11.4 Å². The Balaban J connectivity index is 1.36. The molecule has 0 aliphatic heterocycles. The van der Waals surface area contributed by atoms with Gasteiger partial charge in [-0.25, -0.2) is 0 Å². The van der Waals surface area contributed by atoms with Crippen LogP contribution in [0.4, 0.5) is 0 Å². The van der Waals surface area contributed by atoms with Gasteiger partial charge in [0.1, 0.15) is 0 Å². The quantitative estimate of drug-likeness (QED) is 0.170. The zero-order valence-electron chi connectivity index (χ0n) is 23.3. The number of pyridine rings is 2. The molecule has 7 rings (SSSR count). The Kier molecular flexibility index (Phi) is 6.99. The van der Waals surface area contributed by atoms with Crippen molar-refractivity contribution in [1.29, 1.82) is 0 Å². The molecular weight excluding hydrogens is 578 g/mol. The summed E-state index contributed by atoms with van der Waals surface area (Å²) in [6.45, 7) is 3.96. The van der Waals surface area contributed by atoms with E-state index in [2.05, 4.69) is 54.6 Å². The van der Waals surface area contributed by atoms with Crippen molar-refractivity contribution < 1.29 is 10.6 Å². The summed E-state index contributed by atoms with van der Waals surface area (Å²) in [4.78, 5) is 9.58. The molecule has 6 heteroatoms. The minimum atomic E-state index is -3.61.